The van der Waals surface area contributed by atoms with Crippen LogP contribution < -0.4 is 5.32 Å². The van der Waals surface area contributed by atoms with Crippen molar-refractivity contribution in [2.75, 3.05) is 0 Å². The van der Waals surface area contributed by atoms with Gasteiger partial charge in [0, 0.05) is 12.1 Å². The molecule has 1 heteroatoms. The molecule has 12 heavy (non-hydrogen) atoms. The van der Waals surface area contributed by atoms with Crippen LogP contribution in [0.3, 0.4) is 0 Å². The molecular formula is C11H23N. The zero-order chi connectivity index (χ0) is 8.97. The van der Waals surface area contributed by atoms with E-state index >= 15 is 0 Å². The van der Waals surface area contributed by atoms with Gasteiger partial charge in [0.2, 0.25) is 0 Å². The average molecular weight is 169 g/mol. The second-order valence-electron chi connectivity index (χ2n) is 4.47. The average Bonchev–Trinajstić information content (AvgIpc) is 2.71. The van der Waals surface area contributed by atoms with E-state index in [4.69, 9.17) is 0 Å². The predicted molar refractivity (Wildman–Crippen MR) is 54.3 cm³/mol. The molecule has 1 rings (SSSR count). The van der Waals surface area contributed by atoms with Crippen LogP contribution in [0.4, 0.5) is 0 Å². The Bertz CT molecular complexity index is 118. The van der Waals surface area contributed by atoms with Gasteiger partial charge in [0.15, 0.2) is 0 Å². The van der Waals surface area contributed by atoms with E-state index in [1.165, 1.54) is 32.1 Å². The third-order valence-corrected chi connectivity index (χ3v) is 2.63. The molecule has 0 saturated heterocycles. The molecule has 0 bridgehead atoms. The van der Waals surface area contributed by atoms with Crippen LogP contribution in [0.15, 0.2) is 0 Å². The van der Waals surface area contributed by atoms with E-state index in [1.54, 1.807) is 0 Å². The maximum Gasteiger partial charge on any atom is 0.00706 e. The summed E-state index contributed by atoms with van der Waals surface area (Å²) in [6.07, 6.45) is 6.89. The minimum absolute atomic E-state index is 0.735. The summed E-state index contributed by atoms with van der Waals surface area (Å²) < 4.78 is 0. The third-order valence-electron chi connectivity index (χ3n) is 2.63. The van der Waals surface area contributed by atoms with Crippen LogP contribution in [0.5, 0.6) is 0 Å². The van der Waals surface area contributed by atoms with E-state index in [0.29, 0.717) is 0 Å². The van der Waals surface area contributed by atoms with Crippen LogP contribution in [0.2, 0.25) is 0 Å². The van der Waals surface area contributed by atoms with E-state index in [2.05, 4.69) is 26.1 Å². The monoisotopic (exact) mass is 169 g/mol. The van der Waals surface area contributed by atoms with Gasteiger partial charge in [0.05, 0.1) is 0 Å². The molecule has 0 amide bonds. The summed E-state index contributed by atoms with van der Waals surface area (Å²) in [7, 11) is 0. The molecule has 1 aliphatic carbocycles. The van der Waals surface area contributed by atoms with Crippen LogP contribution in [-0.2, 0) is 0 Å². The fourth-order valence-electron chi connectivity index (χ4n) is 1.93. The van der Waals surface area contributed by atoms with Crippen molar-refractivity contribution in [2.45, 2.75) is 65.0 Å². The molecule has 0 aromatic rings. The predicted octanol–water partition coefficient (Wildman–Crippen LogP) is 2.95. The second-order valence-corrected chi connectivity index (χ2v) is 4.47. The summed E-state index contributed by atoms with van der Waals surface area (Å²) in [6.45, 7) is 6.97. The van der Waals surface area contributed by atoms with Crippen molar-refractivity contribution in [1.82, 2.24) is 5.32 Å². The molecule has 0 aromatic heterocycles. The molecule has 2 unspecified atom stereocenters. The first-order valence-corrected chi connectivity index (χ1v) is 5.48. The number of hydrogen-bond acceptors (Lipinski definition) is 1. The van der Waals surface area contributed by atoms with E-state index in [-0.39, 0.29) is 0 Å². The minimum atomic E-state index is 0.735. The molecule has 2 atom stereocenters. The Labute approximate surface area is 76.9 Å². The topological polar surface area (TPSA) is 12.0 Å². The molecule has 0 aliphatic heterocycles. The highest BCUT2D eigenvalue weighted by Crippen LogP contribution is 2.21. The van der Waals surface area contributed by atoms with Gasteiger partial charge in [-0.1, -0.05) is 26.7 Å². The quantitative estimate of drug-likeness (QED) is 0.644. The van der Waals surface area contributed by atoms with Crippen LogP contribution >= 0.6 is 0 Å². The van der Waals surface area contributed by atoms with Gasteiger partial charge in [-0.15, -0.1) is 0 Å². The Balaban J connectivity index is 2.02. The van der Waals surface area contributed by atoms with Crippen LogP contribution in [0, 0.1) is 5.92 Å². The molecule has 0 spiro atoms. The van der Waals surface area contributed by atoms with E-state index in [9.17, 15) is 0 Å². The lowest BCUT2D eigenvalue weighted by molar-refractivity contribution is 0.398. The Morgan fingerprint density at radius 3 is 2.50 bits per heavy atom. The number of nitrogens with one attached hydrogen (secondary N) is 1. The van der Waals surface area contributed by atoms with E-state index in [1.807, 2.05) is 0 Å². The van der Waals surface area contributed by atoms with Crippen molar-refractivity contribution in [3.63, 3.8) is 0 Å². The highest BCUT2D eigenvalue weighted by molar-refractivity contribution is 4.83. The van der Waals surface area contributed by atoms with Gasteiger partial charge in [0.1, 0.15) is 0 Å². The smallest absolute Gasteiger partial charge is 0.00706 e. The third kappa shape index (κ3) is 4.10. The highest BCUT2D eigenvalue weighted by Gasteiger charge is 2.22. The summed E-state index contributed by atoms with van der Waals surface area (Å²) in [5.74, 6) is 0.899. The van der Waals surface area contributed by atoms with Gasteiger partial charge >= 0.3 is 0 Å². The number of rotatable bonds is 6. The lowest BCUT2D eigenvalue weighted by Gasteiger charge is -2.17. The first-order valence-electron chi connectivity index (χ1n) is 5.48. The highest BCUT2D eigenvalue weighted by atomic mass is 15.0. The molecule has 0 radical (unpaired) electrons. The van der Waals surface area contributed by atoms with Gasteiger partial charge in [-0.3, -0.25) is 0 Å². The standard InChI is InChI=1S/C11H23N/c1-4-5-9(2)8-10(3)12-11-6-7-11/h9-12H,4-8H2,1-3H3. The van der Waals surface area contributed by atoms with E-state index < -0.39 is 0 Å². The molecule has 1 fully saturated rings. The minimum Gasteiger partial charge on any atom is -0.311 e. The van der Waals surface area contributed by atoms with Crippen molar-refractivity contribution in [3.8, 4) is 0 Å². The number of hydrogen-bond donors (Lipinski definition) is 1. The lowest BCUT2D eigenvalue weighted by atomic mass is 9.98. The fourth-order valence-corrected chi connectivity index (χ4v) is 1.93. The molecule has 72 valence electrons. The van der Waals surface area contributed by atoms with Crippen LogP contribution in [0.1, 0.15) is 52.9 Å². The summed E-state index contributed by atoms with van der Waals surface area (Å²) in [4.78, 5) is 0. The Kier molecular flexibility index (Phi) is 4.07. The first kappa shape index (κ1) is 10.0. The zero-order valence-electron chi connectivity index (χ0n) is 8.77. The normalized spacial score (nSPS) is 22.2. The van der Waals surface area contributed by atoms with Crippen LogP contribution in [-0.4, -0.2) is 12.1 Å². The van der Waals surface area contributed by atoms with Gasteiger partial charge in [0.25, 0.3) is 0 Å². The summed E-state index contributed by atoms with van der Waals surface area (Å²) in [6, 6.07) is 1.60. The molecule has 1 aliphatic rings. The summed E-state index contributed by atoms with van der Waals surface area (Å²) in [5.41, 5.74) is 0. The maximum atomic E-state index is 3.64. The summed E-state index contributed by atoms with van der Waals surface area (Å²) in [5, 5.41) is 3.64. The zero-order valence-corrected chi connectivity index (χ0v) is 8.77. The second kappa shape index (κ2) is 4.86. The Morgan fingerprint density at radius 2 is 2.00 bits per heavy atom. The molecule has 1 nitrogen and oxygen atoms in total. The fraction of sp³-hybridized carbons (Fsp3) is 1.00. The largest absolute Gasteiger partial charge is 0.311 e. The maximum absolute atomic E-state index is 3.64. The Hall–Kier alpha value is -0.0400. The molecule has 1 saturated carbocycles. The van der Waals surface area contributed by atoms with Crippen molar-refractivity contribution in [2.24, 2.45) is 5.92 Å². The summed E-state index contributed by atoms with van der Waals surface area (Å²) >= 11 is 0. The molecule has 0 aromatic carbocycles. The van der Waals surface area contributed by atoms with Crippen LogP contribution in [0.25, 0.3) is 0 Å². The molecule has 1 N–H and O–H groups in total. The van der Waals surface area contributed by atoms with Gasteiger partial charge in [-0.05, 0) is 32.1 Å². The van der Waals surface area contributed by atoms with Gasteiger partial charge < -0.3 is 5.32 Å². The lowest BCUT2D eigenvalue weighted by Crippen LogP contribution is -2.29. The molecular weight excluding hydrogens is 146 g/mol. The van der Waals surface area contributed by atoms with Crippen molar-refractivity contribution >= 4 is 0 Å². The van der Waals surface area contributed by atoms with Gasteiger partial charge in [-0.25, -0.2) is 0 Å². The Morgan fingerprint density at radius 1 is 1.33 bits per heavy atom. The SMILES string of the molecule is CCCC(C)CC(C)NC1CC1. The van der Waals surface area contributed by atoms with E-state index in [0.717, 1.165) is 18.0 Å². The molecule has 0 heterocycles. The van der Waals surface area contributed by atoms with Crippen molar-refractivity contribution in [3.05, 3.63) is 0 Å². The van der Waals surface area contributed by atoms with Gasteiger partial charge in [-0.2, -0.15) is 0 Å². The first-order chi connectivity index (χ1) is 5.72. The van der Waals surface area contributed by atoms with Crippen molar-refractivity contribution in [1.29, 1.82) is 0 Å². The van der Waals surface area contributed by atoms with Crippen molar-refractivity contribution < 1.29 is 0 Å².